The van der Waals surface area contributed by atoms with Gasteiger partial charge in [0.05, 0.1) is 10.2 Å². The number of benzene rings is 2. The minimum absolute atomic E-state index is 0.0910. The maximum absolute atomic E-state index is 16.6. The van der Waals surface area contributed by atoms with Crippen molar-refractivity contribution in [1.29, 1.82) is 0 Å². The Balaban J connectivity index is 1.47. The second-order valence-corrected chi connectivity index (χ2v) is 11.6. The molecule has 2 aromatic heterocycles. The van der Waals surface area contributed by atoms with Crippen LogP contribution in [0, 0.1) is 18.6 Å². The number of anilines is 2. The number of likely N-dealkylation sites (tertiary alicyclic amines) is 1. The lowest BCUT2D eigenvalue weighted by Gasteiger charge is -2.35. The number of nitrogen functional groups attached to an aromatic ring is 1. The molecule has 1 unspecified atom stereocenters. The number of aryl methyl sites for hydroxylation is 1. The molecule has 2 aromatic carbocycles. The Morgan fingerprint density at radius 2 is 1.95 bits per heavy atom. The maximum Gasteiger partial charge on any atom is 0.319 e. The predicted octanol–water partition coefficient (Wildman–Crippen LogP) is 4.38. The van der Waals surface area contributed by atoms with Gasteiger partial charge in [0.25, 0.3) is 0 Å². The van der Waals surface area contributed by atoms with E-state index in [9.17, 15) is 9.18 Å². The second kappa shape index (κ2) is 10.8. The molecule has 1 atom stereocenters. The zero-order chi connectivity index (χ0) is 28.8. The molecule has 4 aromatic rings. The highest BCUT2D eigenvalue weighted by atomic mass is 32.1. The normalized spacial score (nSPS) is 18.0. The van der Waals surface area contributed by atoms with E-state index >= 15 is 4.39 Å². The van der Waals surface area contributed by atoms with E-state index in [1.165, 1.54) is 18.2 Å². The van der Waals surface area contributed by atoms with E-state index < -0.39 is 11.6 Å². The van der Waals surface area contributed by atoms with Crippen LogP contribution < -0.4 is 15.4 Å². The number of ether oxygens (including phenoxy) is 1. The standard InChI is InChI=1S/C29H31F2N7O2S/c1-4-21(39)37-10-12-38(13-11-37)27-19-14-16(2)22(18-7-8-20(30)26-25(18)33-28(32)41-26)23(31)24(19)34-29(35-27)40-15-17-6-5-9-36(17)3/h4,7-8,14,17H,1,5-6,9-13,15H2,2-3H3,(H2,32,33). The number of likely N-dealkylation sites (N-methyl/N-ethyl adjacent to an activating group) is 1. The zero-order valence-corrected chi connectivity index (χ0v) is 23.8. The van der Waals surface area contributed by atoms with E-state index in [1.807, 2.05) is 11.0 Å². The molecule has 0 spiro atoms. The molecule has 2 fully saturated rings. The van der Waals surface area contributed by atoms with Crippen LogP contribution in [0.15, 0.2) is 30.9 Å². The fraction of sp³-hybridized carbons (Fsp3) is 0.379. The Hall–Kier alpha value is -3.90. The fourth-order valence-electron chi connectivity index (χ4n) is 5.78. The van der Waals surface area contributed by atoms with Gasteiger partial charge in [-0.1, -0.05) is 17.9 Å². The first-order chi connectivity index (χ1) is 19.7. The van der Waals surface area contributed by atoms with E-state index in [2.05, 4.69) is 28.5 Å². The minimum Gasteiger partial charge on any atom is -0.462 e. The number of halogens is 2. The van der Waals surface area contributed by atoms with Gasteiger partial charge in [-0.05, 0) is 63.2 Å². The van der Waals surface area contributed by atoms with Crippen molar-refractivity contribution in [3.05, 3.63) is 48.1 Å². The Morgan fingerprint density at radius 1 is 1.17 bits per heavy atom. The summed E-state index contributed by atoms with van der Waals surface area (Å²) in [5, 5.41) is 0.741. The van der Waals surface area contributed by atoms with Gasteiger partial charge >= 0.3 is 6.01 Å². The Kier molecular flexibility index (Phi) is 7.20. The largest absolute Gasteiger partial charge is 0.462 e. The van der Waals surface area contributed by atoms with Gasteiger partial charge in [0.15, 0.2) is 10.9 Å². The Bertz CT molecular complexity index is 1670. The summed E-state index contributed by atoms with van der Waals surface area (Å²) in [7, 11) is 2.06. The number of amides is 1. The summed E-state index contributed by atoms with van der Waals surface area (Å²) in [6, 6.07) is 5.00. The average molecular weight is 580 g/mol. The highest BCUT2D eigenvalue weighted by molar-refractivity contribution is 7.22. The molecule has 2 saturated heterocycles. The lowest BCUT2D eigenvalue weighted by Crippen LogP contribution is -2.48. The minimum atomic E-state index is -0.563. The van der Waals surface area contributed by atoms with E-state index in [1.54, 1.807) is 11.8 Å². The van der Waals surface area contributed by atoms with Crippen molar-refractivity contribution < 1.29 is 18.3 Å². The molecule has 4 heterocycles. The van der Waals surface area contributed by atoms with E-state index in [-0.39, 0.29) is 38.9 Å². The summed E-state index contributed by atoms with van der Waals surface area (Å²) < 4.78 is 37.5. The lowest BCUT2D eigenvalue weighted by molar-refractivity contribution is -0.126. The molecule has 12 heteroatoms. The third-order valence-corrected chi connectivity index (χ3v) is 8.90. The van der Waals surface area contributed by atoms with Gasteiger partial charge in [-0.3, -0.25) is 4.79 Å². The molecule has 2 aliphatic heterocycles. The summed E-state index contributed by atoms with van der Waals surface area (Å²) in [4.78, 5) is 31.8. The molecule has 6 rings (SSSR count). The third-order valence-electron chi connectivity index (χ3n) is 8.01. The second-order valence-electron chi connectivity index (χ2n) is 10.5. The molecule has 214 valence electrons. The molecule has 41 heavy (non-hydrogen) atoms. The molecular formula is C29H31F2N7O2S. The number of thiazole rings is 1. The number of hydrogen-bond donors (Lipinski definition) is 1. The number of rotatable bonds is 6. The lowest BCUT2D eigenvalue weighted by atomic mass is 9.96. The van der Waals surface area contributed by atoms with Gasteiger partial charge in [-0.2, -0.15) is 9.97 Å². The number of carbonyl (C=O) groups excluding carboxylic acids is 1. The first-order valence-corrected chi connectivity index (χ1v) is 14.4. The van der Waals surface area contributed by atoms with E-state index in [4.69, 9.17) is 15.5 Å². The summed E-state index contributed by atoms with van der Waals surface area (Å²) in [6.45, 7) is 8.75. The molecule has 1 amide bonds. The van der Waals surface area contributed by atoms with Gasteiger partial charge in [-0.25, -0.2) is 13.8 Å². The maximum atomic E-state index is 16.6. The van der Waals surface area contributed by atoms with Gasteiger partial charge in [0.1, 0.15) is 23.8 Å². The van der Waals surface area contributed by atoms with Crippen molar-refractivity contribution >= 4 is 49.3 Å². The van der Waals surface area contributed by atoms with E-state index in [0.717, 1.165) is 30.7 Å². The number of fused-ring (bicyclic) bond motifs is 2. The van der Waals surface area contributed by atoms with Crippen LogP contribution in [-0.4, -0.2) is 83.1 Å². The first kappa shape index (κ1) is 27.3. The van der Waals surface area contributed by atoms with Gasteiger partial charge in [-0.15, -0.1) is 0 Å². The monoisotopic (exact) mass is 579 g/mol. The quantitative estimate of drug-likeness (QED) is 0.336. The van der Waals surface area contributed by atoms with Crippen molar-refractivity contribution in [3.63, 3.8) is 0 Å². The number of piperazine rings is 1. The van der Waals surface area contributed by atoms with Gasteiger partial charge in [0, 0.05) is 48.7 Å². The van der Waals surface area contributed by atoms with Crippen LogP contribution >= 0.6 is 11.3 Å². The smallest absolute Gasteiger partial charge is 0.319 e. The Labute approximate surface area is 240 Å². The molecule has 2 N–H and O–H groups in total. The number of nitrogens with zero attached hydrogens (tertiary/aromatic N) is 6. The van der Waals surface area contributed by atoms with Gasteiger partial charge in [0.2, 0.25) is 5.91 Å². The summed E-state index contributed by atoms with van der Waals surface area (Å²) in [5.41, 5.74) is 7.66. The third kappa shape index (κ3) is 4.95. The molecule has 0 aliphatic carbocycles. The van der Waals surface area contributed by atoms with Crippen molar-refractivity contribution in [2.45, 2.75) is 25.8 Å². The van der Waals surface area contributed by atoms with Crippen molar-refractivity contribution in [2.24, 2.45) is 0 Å². The molecule has 0 bridgehead atoms. The van der Waals surface area contributed by atoms with Crippen LogP contribution in [0.1, 0.15) is 18.4 Å². The summed E-state index contributed by atoms with van der Waals surface area (Å²) in [5.74, 6) is -0.595. The van der Waals surface area contributed by atoms with Crippen molar-refractivity contribution in [1.82, 2.24) is 24.8 Å². The van der Waals surface area contributed by atoms with Crippen LogP contribution in [0.2, 0.25) is 0 Å². The number of carbonyl (C=O) groups is 1. The number of nitrogens with two attached hydrogens (primary N) is 1. The topological polar surface area (TPSA) is 101 Å². The van der Waals surface area contributed by atoms with Crippen LogP contribution in [0.3, 0.4) is 0 Å². The van der Waals surface area contributed by atoms with Crippen LogP contribution in [0.25, 0.3) is 32.2 Å². The predicted molar refractivity (Wildman–Crippen MR) is 157 cm³/mol. The first-order valence-electron chi connectivity index (χ1n) is 13.6. The molecule has 9 nitrogen and oxygen atoms in total. The molecule has 2 aliphatic rings. The molecule has 0 radical (unpaired) electrons. The fourth-order valence-corrected chi connectivity index (χ4v) is 6.54. The van der Waals surface area contributed by atoms with Gasteiger partial charge < -0.3 is 25.2 Å². The molecular weight excluding hydrogens is 548 g/mol. The number of aromatic nitrogens is 3. The van der Waals surface area contributed by atoms with Crippen LogP contribution in [-0.2, 0) is 4.79 Å². The summed E-state index contributed by atoms with van der Waals surface area (Å²) >= 11 is 1.03. The highest BCUT2D eigenvalue weighted by Gasteiger charge is 2.28. The summed E-state index contributed by atoms with van der Waals surface area (Å²) in [6.07, 6.45) is 3.41. The van der Waals surface area contributed by atoms with Crippen LogP contribution in [0.4, 0.5) is 19.7 Å². The number of hydrogen-bond acceptors (Lipinski definition) is 9. The molecule has 0 saturated carbocycles. The van der Waals surface area contributed by atoms with Crippen LogP contribution in [0.5, 0.6) is 6.01 Å². The van der Waals surface area contributed by atoms with Crippen molar-refractivity contribution in [2.75, 3.05) is 57.0 Å². The highest BCUT2D eigenvalue weighted by Crippen LogP contribution is 2.40. The SMILES string of the molecule is C=CC(=O)N1CCN(c2nc(OCC3CCCN3C)nc3c(F)c(-c4ccc(F)c5sc(N)nc45)c(C)cc23)CC1. The Morgan fingerprint density at radius 3 is 2.66 bits per heavy atom. The average Bonchev–Trinajstić information content (AvgIpc) is 3.57. The zero-order valence-electron chi connectivity index (χ0n) is 23.0. The van der Waals surface area contributed by atoms with Crippen molar-refractivity contribution in [3.8, 4) is 17.1 Å². The van der Waals surface area contributed by atoms with E-state index in [0.29, 0.717) is 60.6 Å².